The Morgan fingerprint density at radius 1 is 1.26 bits per heavy atom. The number of aromatic nitrogens is 3. The molecule has 10 heteroatoms. The van der Waals surface area contributed by atoms with Crippen LogP contribution in [0, 0.1) is 5.82 Å². The number of thiazole rings is 1. The quantitative estimate of drug-likeness (QED) is 0.542. The maximum atomic E-state index is 13.3. The van der Waals surface area contributed by atoms with E-state index in [1.54, 1.807) is 19.1 Å². The highest BCUT2D eigenvalue weighted by Gasteiger charge is 2.33. The number of halogens is 3. The van der Waals surface area contributed by atoms with E-state index in [0.717, 1.165) is 27.9 Å². The molecule has 1 atom stereocenters. The molecule has 1 fully saturated rings. The summed E-state index contributed by atoms with van der Waals surface area (Å²) in [6.45, 7) is 2.27. The Balaban J connectivity index is 1.57. The Kier molecular flexibility index (Phi) is 6.08. The molecule has 31 heavy (non-hydrogen) atoms. The van der Waals surface area contributed by atoms with E-state index in [9.17, 15) is 22.8 Å². The zero-order valence-electron chi connectivity index (χ0n) is 16.9. The monoisotopic (exact) mass is 450 g/mol. The number of nitrogens with zero attached hydrogens (tertiary/aromatic N) is 4. The summed E-state index contributed by atoms with van der Waals surface area (Å²) in [6.07, 6.45) is -0.613. The van der Waals surface area contributed by atoms with Gasteiger partial charge in [0.05, 0.1) is 6.04 Å². The first-order valence-corrected chi connectivity index (χ1v) is 10.9. The first kappa shape index (κ1) is 21.5. The van der Waals surface area contributed by atoms with E-state index in [-0.39, 0.29) is 34.5 Å². The number of alkyl halides is 2. The third-order valence-electron chi connectivity index (χ3n) is 5.49. The first-order chi connectivity index (χ1) is 14.9. The maximum Gasteiger partial charge on any atom is 0.295 e. The van der Waals surface area contributed by atoms with Gasteiger partial charge in [-0.05, 0) is 43.9 Å². The van der Waals surface area contributed by atoms with E-state index >= 15 is 0 Å². The lowest BCUT2D eigenvalue weighted by atomic mass is 10.0. The average molecular weight is 450 g/mol. The fourth-order valence-electron chi connectivity index (χ4n) is 3.92. The van der Waals surface area contributed by atoms with E-state index in [1.165, 1.54) is 12.1 Å². The molecule has 6 nitrogen and oxygen atoms in total. The van der Waals surface area contributed by atoms with E-state index in [0.29, 0.717) is 30.9 Å². The molecule has 1 aromatic carbocycles. The van der Waals surface area contributed by atoms with Crippen molar-refractivity contribution in [1.82, 2.24) is 14.5 Å². The van der Waals surface area contributed by atoms with Crippen LogP contribution in [0.15, 0.2) is 29.1 Å². The van der Waals surface area contributed by atoms with Gasteiger partial charge in [0.15, 0.2) is 27.1 Å². The topological polar surface area (TPSA) is 68.1 Å². The number of benzene rings is 1. The lowest BCUT2D eigenvalue weighted by Gasteiger charge is -2.22. The van der Waals surface area contributed by atoms with Gasteiger partial charge < -0.3 is 4.90 Å². The molecule has 4 rings (SSSR count). The number of fused-ring (bicyclic) bond motifs is 1. The lowest BCUT2D eigenvalue weighted by Crippen LogP contribution is -2.36. The van der Waals surface area contributed by atoms with Crippen molar-refractivity contribution < 1.29 is 18.0 Å². The molecule has 0 spiro atoms. The fourth-order valence-corrected chi connectivity index (χ4v) is 4.94. The Morgan fingerprint density at radius 3 is 2.68 bits per heavy atom. The van der Waals surface area contributed by atoms with E-state index in [4.69, 9.17) is 0 Å². The van der Waals surface area contributed by atoms with E-state index < -0.39 is 17.8 Å². The van der Waals surface area contributed by atoms with Crippen LogP contribution in [-0.4, -0.2) is 32.9 Å². The summed E-state index contributed by atoms with van der Waals surface area (Å²) in [4.78, 5) is 35.9. The molecule has 0 N–H and O–H groups in total. The van der Waals surface area contributed by atoms with Crippen LogP contribution in [0.1, 0.15) is 44.0 Å². The van der Waals surface area contributed by atoms with Crippen molar-refractivity contribution >= 4 is 32.6 Å². The summed E-state index contributed by atoms with van der Waals surface area (Å²) in [7, 11) is 0. The van der Waals surface area contributed by atoms with Crippen LogP contribution in [0.2, 0.25) is 0 Å². The number of ketones is 1. The molecule has 164 valence electrons. The Morgan fingerprint density at radius 2 is 2.00 bits per heavy atom. The van der Waals surface area contributed by atoms with Crippen molar-refractivity contribution in [3.05, 3.63) is 51.8 Å². The van der Waals surface area contributed by atoms with Gasteiger partial charge in [0.1, 0.15) is 5.82 Å². The fraction of sp³-hybridized carbons (Fsp3) is 0.429. The van der Waals surface area contributed by atoms with Gasteiger partial charge in [0.2, 0.25) is 0 Å². The van der Waals surface area contributed by atoms with Gasteiger partial charge in [-0.25, -0.2) is 23.1 Å². The smallest absolute Gasteiger partial charge is 0.295 e. The molecule has 0 aliphatic carbocycles. The van der Waals surface area contributed by atoms with Gasteiger partial charge in [-0.1, -0.05) is 23.5 Å². The van der Waals surface area contributed by atoms with E-state index in [2.05, 4.69) is 9.97 Å². The summed E-state index contributed by atoms with van der Waals surface area (Å²) in [6, 6.07) is 5.67. The summed E-state index contributed by atoms with van der Waals surface area (Å²) in [5.74, 6) is -0.851. The Labute approximate surface area is 180 Å². The molecular formula is C21H21F3N4O2S. The van der Waals surface area contributed by atoms with Gasteiger partial charge in [-0.2, -0.15) is 0 Å². The third-order valence-corrected chi connectivity index (χ3v) is 6.48. The Hall–Kier alpha value is -2.75. The van der Waals surface area contributed by atoms with Gasteiger partial charge in [-0.3, -0.25) is 14.2 Å². The number of carbonyl (C=O) groups is 1. The van der Waals surface area contributed by atoms with Gasteiger partial charge >= 0.3 is 0 Å². The molecule has 0 amide bonds. The van der Waals surface area contributed by atoms with Crippen molar-refractivity contribution in [3.8, 4) is 0 Å². The minimum absolute atomic E-state index is 0.0354. The molecule has 0 bridgehead atoms. The predicted octanol–water partition coefficient (Wildman–Crippen LogP) is 4.12. The van der Waals surface area contributed by atoms with Crippen LogP contribution in [0.3, 0.4) is 0 Å². The van der Waals surface area contributed by atoms with Gasteiger partial charge in [0, 0.05) is 19.5 Å². The summed E-state index contributed by atoms with van der Waals surface area (Å²) in [5, 5.41) is 0.450. The molecule has 0 radical (unpaired) electrons. The zero-order valence-corrected chi connectivity index (χ0v) is 17.7. The summed E-state index contributed by atoms with van der Waals surface area (Å²) in [5.41, 5.74) is 0.336. The Bertz CT molecular complexity index is 1160. The van der Waals surface area contributed by atoms with Gasteiger partial charge in [-0.15, -0.1) is 0 Å². The minimum Gasteiger partial charge on any atom is -0.338 e. The molecule has 0 saturated carbocycles. The largest absolute Gasteiger partial charge is 0.338 e. The second kappa shape index (κ2) is 8.78. The molecule has 1 aliphatic heterocycles. The van der Waals surface area contributed by atoms with E-state index in [1.807, 2.05) is 4.90 Å². The van der Waals surface area contributed by atoms with Crippen LogP contribution >= 0.6 is 11.3 Å². The van der Waals surface area contributed by atoms with Crippen molar-refractivity contribution in [2.75, 3.05) is 11.4 Å². The molecule has 0 unspecified atom stereocenters. The molecule has 3 heterocycles. The van der Waals surface area contributed by atoms with Crippen molar-refractivity contribution in [1.29, 1.82) is 0 Å². The second-order valence-corrected chi connectivity index (χ2v) is 8.37. The molecule has 2 aromatic heterocycles. The SMILES string of the molecule is CCn1c(C(F)F)nc2sc(N3CCC[C@@H]3C(=O)CCc3ccc(F)cc3)nc2c1=O. The van der Waals surface area contributed by atoms with Crippen LogP contribution < -0.4 is 10.5 Å². The highest BCUT2D eigenvalue weighted by atomic mass is 32.1. The highest BCUT2D eigenvalue weighted by molar-refractivity contribution is 7.21. The van der Waals surface area contributed by atoms with Crippen LogP contribution in [0.4, 0.5) is 18.3 Å². The van der Waals surface area contributed by atoms with Crippen molar-refractivity contribution in [2.24, 2.45) is 0 Å². The predicted molar refractivity (Wildman–Crippen MR) is 112 cm³/mol. The zero-order chi connectivity index (χ0) is 22.1. The molecule has 1 aliphatic rings. The number of hydrogen-bond donors (Lipinski definition) is 0. The van der Waals surface area contributed by atoms with Crippen molar-refractivity contribution in [2.45, 2.75) is 51.6 Å². The average Bonchev–Trinajstić information content (AvgIpc) is 3.40. The molecule has 3 aromatic rings. The van der Waals surface area contributed by atoms with Crippen LogP contribution in [0.5, 0.6) is 0 Å². The summed E-state index contributed by atoms with van der Waals surface area (Å²) < 4.78 is 40.7. The lowest BCUT2D eigenvalue weighted by molar-refractivity contribution is -0.120. The highest BCUT2D eigenvalue weighted by Crippen LogP contribution is 2.33. The number of rotatable bonds is 7. The number of Topliss-reactive ketones (excluding diaryl/α,β-unsaturated/α-hetero) is 1. The number of anilines is 1. The maximum absolute atomic E-state index is 13.3. The normalized spacial score (nSPS) is 16.5. The number of aryl methyl sites for hydroxylation is 1. The molecular weight excluding hydrogens is 429 g/mol. The van der Waals surface area contributed by atoms with Gasteiger partial charge in [0.25, 0.3) is 12.0 Å². The second-order valence-electron chi connectivity index (χ2n) is 7.41. The minimum atomic E-state index is -2.87. The van der Waals surface area contributed by atoms with Crippen molar-refractivity contribution in [3.63, 3.8) is 0 Å². The van der Waals surface area contributed by atoms with Crippen LogP contribution in [0.25, 0.3) is 10.3 Å². The molecule has 1 saturated heterocycles. The number of carbonyl (C=O) groups excluding carboxylic acids is 1. The standard InChI is InChI=1S/C21H21F3N4O2S/c1-2-27-18(17(23)24)26-19-16(20(27)30)25-21(31-19)28-11-3-4-14(28)15(29)10-7-12-5-8-13(22)9-6-12/h5-6,8-9,14,17H,2-4,7,10-11H2,1H3/t14-/m1/s1. The summed E-state index contributed by atoms with van der Waals surface area (Å²) >= 11 is 1.06. The number of hydrogen-bond acceptors (Lipinski definition) is 6. The first-order valence-electron chi connectivity index (χ1n) is 10.1. The van der Waals surface area contributed by atoms with Crippen LogP contribution in [-0.2, 0) is 17.8 Å². The third kappa shape index (κ3) is 4.21.